The maximum Gasteiger partial charge on any atom is 0.260 e. The number of ether oxygens (including phenoxy) is 1. The summed E-state index contributed by atoms with van der Waals surface area (Å²) >= 11 is 0. The second kappa shape index (κ2) is 10.0. The summed E-state index contributed by atoms with van der Waals surface area (Å²) in [6.07, 6.45) is 3.40. The molecule has 0 unspecified atom stereocenters. The second-order valence-electron chi connectivity index (χ2n) is 7.29. The van der Waals surface area contributed by atoms with Crippen LogP contribution in [0, 0.1) is 5.82 Å². The van der Waals surface area contributed by atoms with Crippen molar-refractivity contribution in [1.29, 1.82) is 0 Å². The number of aryl methyl sites for hydroxylation is 1. The van der Waals surface area contributed by atoms with Crippen LogP contribution in [0.2, 0.25) is 0 Å². The number of likely N-dealkylation sites (tertiary alicyclic amines) is 1. The number of halogens is 1. The summed E-state index contributed by atoms with van der Waals surface area (Å²) in [6.45, 7) is 3.22. The fraction of sp³-hybridized carbons (Fsp3) is 0.391. The first-order valence-corrected chi connectivity index (χ1v) is 10.1. The minimum Gasteiger partial charge on any atom is -0.484 e. The van der Waals surface area contributed by atoms with Crippen LogP contribution in [0.25, 0.3) is 0 Å². The first-order valence-electron chi connectivity index (χ1n) is 10.1. The predicted molar refractivity (Wildman–Crippen MR) is 109 cm³/mol. The maximum atomic E-state index is 13.7. The average molecular weight is 398 g/mol. The number of nitrogens with zero attached hydrogens (tertiary/aromatic N) is 1. The number of rotatable bonds is 7. The van der Waals surface area contributed by atoms with Crippen molar-refractivity contribution >= 4 is 11.8 Å². The first-order chi connectivity index (χ1) is 14.1. The number of piperidine rings is 1. The van der Waals surface area contributed by atoms with Gasteiger partial charge in [-0.2, -0.15) is 0 Å². The lowest BCUT2D eigenvalue weighted by Gasteiger charge is -2.32. The van der Waals surface area contributed by atoms with E-state index in [4.69, 9.17) is 4.74 Å². The van der Waals surface area contributed by atoms with Crippen LogP contribution >= 0.6 is 0 Å². The predicted octanol–water partition coefficient (Wildman–Crippen LogP) is 3.58. The van der Waals surface area contributed by atoms with Gasteiger partial charge < -0.3 is 15.0 Å². The normalized spacial score (nSPS) is 14.5. The van der Waals surface area contributed by atoms with Crippen molar-refractivity contribution in [2.24, 2.45) is 0 Å². The number of benzene rings is 2. The van der Waals surface area contributed by atoms with E-state index in [0.29, 0.717) is 31.7 Å². The number of amides is 2. The summed E-state index contributed by atoms with van der Waals surface area (Å²) in [5.74, 6) is -0.327. The molecule has 1 fully saturated rings. The monoisotopic (exact) mass is 398 g/mol. The number of hydrogen-bond acceptors (Lipinski definition) is 3. The van der Waals surface area contributed by atoms with Gasteiger partial charge in [0.15, 0.2) is 6.61 Å². The third-order valence-corrected chi connectivity index (χ3v) is 5.13. The Labute approximate surface area is 170 Å². The van der Waals surface area contributed by atoms with Gasteiger partial charge in [-0.15, -0.1) is 0 Å². The minimum absolute atomic E-state index is 0.000618. The average Bonchev–Trinajstić information content (AvgIpc) is 2.74. The summed E-state index contributed by atoms with van der Waals surface area (Å²) < 4.78 is 19.3. The molecule has 1 heterocycles. The van der Waals surface area contributed by atoms with Gasteiger partial charge in [-0.05, 0) is 49.1 Å². The smallest absolute Gasteiger partial charge is 0.260 e. The third kappa shape index (κ3) is 5.79. The molecule has 1 aliphatic heterocycles. The lowest BCUT2D eigenvalue weighted by atomic mass is 10.0. The Morgan fingerprint density at radius 1 is 1.10 bits per heavy atom. The van der Waals surface area contributed by atoms with Gasteiger partial charge in [0.05, 0.1) is 5.56 Å². The van der Waals surface area contributed by atoms with Crippen LogP contribution < -0.4 is 10.1 Å². The van der Waals surface area contributed by atoms with Gasteiger partial charge in [0.1, 0.15) is 11.6 Å². The molecular weight excluding hydrogens is 371 g/mol. The Bertz CT molecular complexity index is 830. The van der Waals surface area contributed by atoms with Gasteiger partial charge in [-0.25, -0.2) is 4.39 Å². The molecule has 0 radical (unpaired) electrons. The van der Waals surface area contributed by atoms with Gasteiger partial charge >= 0.3 is 0 Å². The Balaban J connectivity index is 1.42. The number of hydrogen-bond donors (Lipinski definition) is 1. The highest BCUT2D eigenvalue weighted by molar-refractivity contribution is 5.94. The molecule has 0 bridgehead atoms. The molecule has 6 heteroatoms. The highest BCUT2D eigenvalue weighted by Crippen LogP contribution is 2.15. The number of carbonyl (C=O) groups excluding carboxylic acids is 2. The van der Waals surface area contributed by atoms with Crippen molar-refractivity contribution in [2.75, 3.05) is 19.7 Å². The molecule has 2 amide bonds. The van der Waals surface area contributed by atoms with E-state index in [1.54, 1.807) is 17.0 Å². The van der Waals surface area contributed by atoms with Crippen molar-refractivity contribution in [3.8, 4) is 5.75 Å². The van der Waals surface area contributed by atoms with Crippen molar-refractivity contribution in [1.82, 2.24) is 10.2 Å². The summed E-state index contributed by atoms with van der Waals surface area (Å²) in [6, 6.07) is 13.7. The van der Waals surface area contributed by atoms with Gasteiger partial charge in [-0.3, -0.25) is 9.59 Å². The molecule has 0 saturated carbocycles. The molecule has 1 aliphatic rings. The zero-order chi connectivity index (χ0) is 20.6. The number of carbonyl (C=O) groups is 2. The van der Waals surface area contributed by atoms with Crippen LogP contribution in [0.1, 0.15) is 42.1 Å². The summed E-state index contributed by atoms with van der Waals surface area (Å²) in [5.41, 5.74) is 1.30. The molecular formula is C23H27FN2O3. The Kier molecular flexibility index (Phi) is 7.22. The summed E-state index contributed by atoms with van der Waals surface area (Å²) in [5, 5.41) is 2.86. The van der Waals surface area contributed by atoms with E-state index < -0.39 is 11.7 Å². The summed E-state index contributed by atoms with van der Waals surface area (Å²) in [4.78, 5) is 26.4. The molecule has 0 atom stereocenters. The summed E-state index contributed by atoms with van der Waals surface area (Å²) in [7, 11) is 0. The van der Waals surface area contributed by atoms with E-state index in [2.05, 4.69) is 12.2 Å². The third-order valence-electron chi connectivity index (χ3n) is 5.13. The lowest BCUT2D eigenvalue weighted by molar-refractivity contribution is -0.134. The topological polar surface area (TPSA) is 58.6 Å². The van der Waals surface area contributed by atoms with Crippen LogP contribution in [0.3, 0.4) is 0 Å². The molecule has 2 aromatic rings. The Hall–Kier alpha value is -2.89. The highest BCUT2D eigenvalue weighted by Gasteiger charge is 2.25. The van der Waals surface area contributed by atoms with E-state index in [0.717, 1.165) is 12.8 Å². The van der Waals surface area contributed by atoms with Gasteiger partial charge in [0, 0.05) is 19.1 Å². The van der Waals surface area contributed by atoms with E-state index >= 15 is 0 Å². The molecule has 2 aromatic carbocycles. The quantitative estimate of drug-likeness (QED) is 0.776. The molecule has 0 aromatic heterocycles. The molecule has 1 saturated heterocycles. The van der Waals surface area contributed by atoms with Crippen LogP contribution in [0.4, 0.5) is 4.39 Å². The fourth-order valence-corrected chi connectivity index (χ4v) is 3.46. The van der Waals surface area contributed by atoms with Crippen molar-refractivity contribution in [3.63, 3.8) is 0 Å². The van der Waals surface area contributed by atoms with Crippen molar-refractivity contribution < 1.29 is 18.7 Å². The SMILES string of the molecule is CCCc1ccc(OCC(=O)N2CCC(NC(=O)c3ccccc3F)CC2)cc1. The standard InChI is InChI=1S/C23H27FN2O3/c1-2-5-17-8-10-19(11-9-17)29-16-22(27)26-14-12-18(13-15-26)25-23(28)20-6-3-4-7-21(20)24/h3-4,6-11,18H,2,5,12-16H2,1H3,(H,25,28). The Morgan fingerprint density at radius 2 is 1.79 bits per heavy atom. The lowest BCUT2D eigenvalue weighted by Crippen LogP contribution is -2.47. The zero-order valence-corrected chi connectivity index (χ0v) is 16.7. The largest absolute Gasteiger partial charge is 0.484 e. The molecule has 3 rings (SSSR count). The molecule has 5 nitrogen and oxygen atoms in total. The first kappa shape index (κ1) is 20.8. The molecule has 154 valence electrons. The molecule has 0 spiro atoms. The minimum atomic E-state index is -0.530. The molecule has 0 aliphatic carbocycles. The Morgan fingerprint density at radius 3 is 2.45 bits per heavy atom. The fourth-order valence-electron chi connectivity index (χ4n) is 3.46. The van der Waals surface area contributed by atoms with Gasteiger partial charge in [0.2, 0.25) is 0 Å². The second-order valence-corrected chi connectivity index (χ2v) is 7.29. The zero-order valence-electron chi connectivity index (χ0n) is 16.7. The van der Waals surface area contributed by atoms with Gasteiger partial charge in [0.25, 0.3) is 11.8 Å². The van der Waals surface area contributed by atoms with Crippen LogP contribution in [0.5, 0.6) is 5.75 Å². The van der Waals surface area contributed by atoms with Gasteiger partial charge in [-0.1, -0.05) is 37.6 Å². The van der Waals surface area contributed by atoms with Crippen molar-refractivity contribution in [2.45, 2.75) is 38.6 Å². The highest BCUT2D eigenvalue weighted by atomic mass is 19.1. The van der Waals surface area contributed by atoms with E-state index in [1.807, 2.05) is 24.3 Å². The van der Waals surface area contributed by atoms with Crippen molar-refractivity contribution in [3.05, 3.63) is 65.5 Å². The molecule has 1 N–H and O–H groups in total. The van der Waals surface area contributed by atoms with E-state index in [9.17, 15) is 14.0 Å². The van der Waals surface area contributed by atoms with Crippen LogP contribution in [-0.2, 0) is 11.2 Å². The van der Waals surface area contributed by atoms with Crippen LogP contribution in [0.15, 0.2) is 48.5 Å². The van der Waals surface area contributed by atoms with E-state index in [-0.39, 0.29) is 24.1 Å². The maximum absolute atomic E-state index is 13.7. The van der Waals surface area contributed by atoms with Crippen LogP contribution in [-0.4, -0.2) is 42.5 Å². The number of nitrogens with one attached hydrogen (secondary N) is 1. The van der Waals surface area contributed by atoms with E-state index in [1.165, 1.54) is 17.7 Å². The molecule has 29 heavy (non-hydrogen) atoms.